The molecule has 1 aromatic carbocycles. The largest absolute Gasteiger partial charge is 0.481 e. The highest BCUT2D eigenvalue weighted by molar-refractivity contribution is 7.28. The van der Waals surface area contributed by atoms with Gasteiger partial charge in [0.1, 0.15) is 11.5 Å². The van der Waals surface area contributed by atoms with Crippen LogP contribution in [0.5, 0.6) is 0 Å². The molecular formula is C24H18N2O5S2. The van der Waals surface area contributed by atoms with Gasteiger partial charge in [-0.3, -0.25) is 10.1 Å². The predicted octanol–water partition coefficient (Wildman–Crippen LogP) is 5.78. The molecule has 33 heavy (non-hydrogen) atoms. The average Bonchev–Trinajstić information content (AvgIpc) is 3.12. The number of amides is 1. The monoisotopic (exact) mass is 478 g/mol. The van der Waals surface area contributed by atoms with Gasteiger partial charge in [0, 0.05) is 14.3 Å². The maximum absolute atomic E-state index is 12.3. The number of aromatic nitrogens is 1. The number of benzene rings is 1. The normalized spacial score (nSPS) is 14.8. The van der Waals surface area contributed by atoms with E-state index in [1.807, 2.05) is 42.5 Å². The number of oxazole rings is 1. The molecule has 3 heterocycles. The number of carbonyl (C=O) groups is 2. The van der Waals surface area contributed by atoms with Gasteiger partial charge in [-0.25, -0.2) is 9.78 Å². The first-order valence-corrected chi connectivity index (χ1v) is 11.8. The van der Waals surface area contributed by atoms with Crippen LogP contribution in [0.3, 0.4) is 0 Å². The second-order valence-electron chi connectivity index (χ2n) is 7.70. The number of carboxylic acid groups (broad SMARTS) is 1. The van der Waals surface area contributed by atoms with E-state index in [2.05, 4.69) is 22.1 Å². The van der Waals surface area contributed by atoms with Gasteiger partial charge in [0.2, 0.25) is 5.88 Å². The van der Waals surface area contributed by atoms with Gasteiger partial charge in [-0.05, 0) is 49.3 Å². The number of carbonyl (C=O) groups excluding carboxylic acids is 1. The van der Waals surface area contributed by atoms with Gasteiger partial charge in [0.05, 0.1) is 4.88 Å². The van der Waals surface area contributed by atoms with Crippen molar-refractivity contribution in [1.29, 1.82) is 0 Å². The maximum atomic E-state index is 12.3. The smallest absolute Gasteiger partial charge is 0.414 e. The van der Waals surface area contributed by atoms with E-state index in [4.69, 9.17) is 9.15 Å². The molecule has 1 atom stereocenters. The predicted molar refractivity (Wildman–Crippen MR) is 126 cm³/mol. The summed E-state index contributed by atoms with van der Waals surface area (Å²) in [5, 5.41) is 12.0. The molecule has 1 aliphatic rings. The standard InChI is InChI=1S/C24H18N2O5S2/c1-14(15-5-3-2-4-6-15)31-23(29)26-21-17(25-13-30-21)8-7-16-11-18-19(32-16)12-20(33-18)24(9-10-24)22(27)28/h2-6,11-14H,9-10H2,1H3,(H,26,29)(H,27,28). The minimum atomic E-state index is -0.751. The lowest BCUT2D eigenvalue weighted by Crippen LogP contribution is -2.17. The first kappa shape index (κ1) is 21.2. The van der Waals surface area contributed by atoms with E-state index in [0.29, 0.717) is 18.5 Å². The number of thiophene rings is 2. The van der Waals surface area contributed by atoms with Crippen LogP contribution in [-0.4, -0.2) is 22.2 Å². The molecule has 0 saturated heterocycles. The number of carboxylic acids is 1. The Morgan fingerprint density at radius 3 is 2.64 bits per heavy atom. The number of nitrogens with one attached hydrogen (secondary N) is 1. The number of ether oxygens (including phenoxy) is 1. The molecule has 9 heteroatoms. The SMILES string of the molecule is CC(OC(=O)Nc1ocnc1C#Cc1cc2sc(C3(C(=O)O)CC3)cc2s1)c1ccccc1. The van der Waals surface area contributed by atoms with Crippen molar-refractivity contribution in [1.82, 2.24) is 4.98 Å². The number of hydrogen-bond donors (Lipinski definition) is 2. The van der Waals surface area contributed by atoms with Crippen LogP contribution in [0.4, 0.5) is 10.7 Å². The Morgan fingerprint density at radius 2 is 1.94 bits per heavy atom. The quantitative estimate of drug-likeness (QED) is 0.353. The highest BCUT2D eigenvalue weighted by Crippen LogP contribution is 2.52. The molecule has 4 aromatic rings. The van der Waals surface area contributed by atoms with Crippen LogP contribution in [0.15, 0.2) is 53.3 Å². The first-order valence-electron chi connectivity index (χ1n) is 10.2. The molecule has 3 aromatic heterocycles. The number of rotatable bonds is 5. The van der Waals surface area contributed by atoms with Gasteiger partial charge >= 0.3 is 12.1 Å². The fourth-order valence-corrected chi connectivity index (χ4v) is 5.93. The molecule has 2 N–H and O–H groups in total. The Bertz CT molecular complexity index is 1370. The van der Waals surface area contributed by atoms with E-state index < -0.39 is 23.6 Å². The van der Waals surface area contributed by atoms with Gasteiger partial charge in [-0.15, -0.1) is 22.7 Å². The van der Waals surface area contributed by atoms with Crippen molar-refractivity contribution in [3.05, 3.63) is 69.9 Å². The summed E-state index contributed by atoms with van der Waals surface area (Å²) in [5.74, 6) is 5.33. The van der Waals surface area contributed by atoms with Gasteiger partial charge in [0.15, 0.2) is 12.1 Å². The van der Waals surface area contributed by atoms with Crippen LogP contribution < -0.4 is 5.32 Å². The lowest BCUT2D eigenvalue weighted by atomic mass is 10.1. The second-order valence-corrected chi connectivity index (χ2v) is 9.87. The van der Waals surface area contributed by atoms with Crippen molar-refractivity contribution in [2.45, 2.75) is 31.3 Å². The third-order valence-electron chi connectivity index (χ3n) is 5.48. The molecule has 0 radical (unpaired) electrons. The summed E-state index contributed by atoms with van der Waals surface area (Å²) in [6.07, 6.45) is 1.50. The number of fused-ring (bicyclic) bond motifs is 1. The van der Waals surface area contributed by atoms with Crippen LogP contribution >= 0.6 is 22.7 Å². The second kappa shape index (κ2) is 8.39. The molecule has 166 valence electrons. The zero-order valence-corrected chi connectivity index (χ0v) is 19.1. The van der Waals surface area contributed by atoms with E-state index >= 15 is 0 Å². The zero-order chi connectivity index (χ0) is 23.0. The van der Waals surface area contributed by atoms with Crippen molar-refractivity contribution < 1.29 is 23.8 Å². The Labute approximate surface area is 197 Å². The van der Waals surface area contributed by atoms with E-state index in [1.54, 1.807) is 6.92 Å². The Morgan fingerprint density at radius 1 is 1.18 bits per heavy atom. The zero-order valence-electron chi connectivity index (χ0n) is 17.5. The van der Waals surface area contributed by atoms with Crippen LogP contribution in [0.25, 0.3) is 9.40 Å². The van der Waals surface area contributed by atoms with Crippen LogP contribution in [0.1, 0.15) is 46.9 Å². The highest BCUT2D eigenvalue weighted by Gasteiger charge is 2.53. The Balaban J connectivity index is 1.27. The van der Waals surface area contributed by atoms with Gasteiger partial charge in [-0.1, -0.05) is 30.3 Å². The highest BCUT2D eigenvalue weighted by atomic mass is 32.1. The number of anilines is 1. The summed E-state index contributed by atoms with van der Waals surface area (Å²) in [5.41, 5.74) is 0.477. The topological polar surface area (TPSA) is 102 Å². The molecule has 1 fully saturated rings. The van der Waals surface area contributed by atoms with Crippen molar-refractivity contribution in [2.75, 3.05) is 5.32 Å². The summed E-state index contributed by atoms with van der Waals surface area (Å²) in [6.45, 7) is 1.78. The van der Waals surface area contributed by atoms with Gasteiger partial charge in [-0.2, -0.15) is 0 Å². The molecule has 1 saturated carbocycles. The lowest BCUT2D eigenvalue weighted by molar-refractivity contribution is -0.139. The summed E-state index contributed by atoms with van der Waals surface area (Å²) >= 11 is 3.00. The molecule has 1 aliphatic carbocycles. The van der Waals surface area contributed by atoms with Gasteiger partial charge < -0.3 is 14.3 Å². The lowest BCUT2D eigenvalue weighted by Gasteiger charge is -2.13. The molecule has 0 aliphatic heterocycles. The summed E-state index contributed by atoms with van der Waals surface area (Å²) in [7, 11) is 0. The minimum absolute atomic E-state index is 0.116. The number of nitrogens with zero attached hydrogens (tertiary/aromatic N) is 1. The fourth-order valence-electron chi connectivity index (χ4n) is 3.44. The molecule has 0 bridgehead atoms. The van der Waals surface area contributed by atoms with Crippen molar-refractivity contribution in [2.24, 2.45) is 0 Å². The van der Waals surface area contributed by atoms with Crippen molar-refractivity contribution in [3.63, 3.8) is 0 Å². The molecule has 1 unspecified atom stereocenters. The summed E-state index contributed by atoms with van der Waals surface area (Å²) < 4.78 is 12.7. The van der Waals surface area contributed by atoms with E-state index in [-0.39, 0.29) is 5.88 Å². The average molecular weight is 479 g/mol. The van der Waals surface area contributed by atoms with Crippen molar-refractivity contribution in [3.8, 4) is 11.8 Å². The fraction of sp³-hybridized carbons (Fsp3) is 0.208. The molecule has 5 rings (SSSR count). The van der Waals surface area contributed by atoms with Crippen LogP contribution in [-0.2, 0) is 14.9 Å². The third-order valence-corrected chi connectivity index (χ3v) is 7.89. The van der Waals surface area contributed by atoms with Gasteiger partial charge in [0.25, 0.3) is 0 Å². The molecular weight excluding hydrogens is 460 g/mol. The minimum Gasteiger partial charge on any atom is -0.481 e. The van der Waals surface area contributed by atoms with Crippen LogP contribution in [0, 0.1) is 11.8 Å². The van der Waals surface area contributed by atoms with E-state index in [9.17, 15) is 14.7 Å². The third kappa shape index (κ3) is 4.23. The Kier molecular flexibility index (Phi) is 5.40. The molecule has 0 spiro atoms. The molecule has 1 amide bonds. The first-order chi connectivity index (χ1) is 15.9. The summed E-state index contributed by atoms with van der Waals surface area (Å²) in [4.78, 5) is 29.6. The number of aliphatic carboxylic acids is 1. The number of hydrogen-bond acceptors (Lipinski definition) is 7. The van der Waals surface area contributed by atoms with Crippen LogP contribution in [0.2, 0.25) is 0 Å². The summed E-state index contributed by atoms with van der Waals surface area (Å²) in [6, 6.07) is 13.3. The van der Waals surface area contributed by atoms with E-state index in [1.165, 1.54) is 29.1 Å². The maximum Gasteiger partial charge on any atom is 0.414 e. The molecule has 7 nitrogen and oxygen atoms in total. The van der Waals surface area contributed by atoms with Crippen molar-refractivity contribution >= 4 is 50.0 Å². The Hall–Kier alpha value is -3.61. The van der Waals surface area contributed by atoms with E-state index in [0.717, 1.165) is 24.7 Å².